The Morgan fingerprint density at radius 2 is 2.04 bits per heavy atom. The third-order valence-electron chi connectivity index (χ3n) is 4.62. The Hall–Kier alpha value is -1.66. The van der Waals surface area contributed by atoms with Crippen molar-refractivity contribution >= 4 is 34.3 Å². The lowest BCUT2D eigenvalue weighted by Crippen LogP contribution is -2.08. The predicted molar refractivity (Wildman–Crippen MR) is 96.4 cm³/mol. The van der Waals surface area contributed by atoms with Crippen LogP contribution in [0.15, 0.2) is 29.4 Å². The van der Waals surface area contributed by atoms with E-state index >= 15 is 0 Å². The lowest BCUT2D eigenvalue weighted by Gasteiger charge is -2.12. The number of halogens is 1. The van der Waals surface area contributed by atoms with Crippen molar-refractivity contribution in [1.29, 1.82) is 0 Å². The lowest BCUT2D eigenvalue weighted by molar-refractivity contribution is 0.423. The monoisotopic (exact) mass is 359 g/mol. The minimum atomic E-state index is 0.435. The van der Waals surface area contributed by atoms with Crippen LogP contribution in [0, 0.1) is 6.92 Å². The van der Waals surface area contributed by atoms with E-state index in [0.29, 0.717) is 11.8 Å². The fourth-order valence-corrected chi connectivity index (χ4v) is 4.48. The molecule has 0 bridgehead atoms. The normalized spacial score (nSPS) is 15.4. The van der Waals surface area contributed by atoms with Crippen molar-refractivity contribution in [3.63, 3.8) is 0 Å². The standard InChI is InChI=1S/C17H18ClN5S/c1-11-13-8-4-5-9-14(13)19-15(16(11)18)10-24-17-20-21-22-23(17)12-6-2-3-7-12/h4-5,8-9,12H,2-3,6-7,10H2,1H3. The molecule has 2 aromatic heterocycles. The molecule has 0 radical (unpaired) electrons. The SMILES string of the molecule is Cc1c(Cl)c(CSc2nnnn2C2CCCC2)nc2ccccc12. The number of fused-ring (bicyclic) bond motifs is 1. The maximum atomic E-state index is 6.54. The Bertz CT molecular complexity index is 873. The molecule has 0 aliphatic heterocycles. The zero-order valence-corrected chi connectivity index (χ0v) is 15.0. The van der Waals surface area contributed by atoms with Gasteiger partial charge in [0.25, 0.3) is 0 Å². The van der Waals surface area contributed by atoms with Crippen LogP contribution in [-0.4, -0.2) is 25.2 Å². The molecular weight excluding hydrogens is 342 g/mol. The largest absolute Gasteiger partial charge is 0.250 e. The summed E-state index contributed by atoms with van der Waals surface area (Å²) >= 11 is 8.15. The van der Waals surface area contributed by atoms with Crippen LogP contribution in [0.2, 0.25) is 5.02 Å². The molecule has 0 unspecified atom stereocenters. The molecule has 0 N–H and O–H groups in total. The summed E-state index contributed by atoms with van der Waals surface area (Å²) in [6.07, 6.45) is 4.83. The Morgan fingerprint density at radius 1 is 1.25 bits per heavy atom. The Balaban J connectivity index is 1.59. The molecule has 0 spiro atoms. The van der Waals surface area contributed by atoms with Gasteiger partial charge in [0.15, 0.2) is 0 Å². The fourth-order valence-electron chi connectivity index (χ4n) is 3.30. The van der Waals surface area contributed by atoms with Crippen molar-refractivity contribution in [3.05, 3.63) is 40.5 Å². The molecule has 1 aromatic carbocycles. The summed E-state index contributed by atoms with van der Waals surface area (Å²) in [6, 6.07) is 8.53. The number of nitrogens with zero attached hydrogens (tertiary/aromatic N) is 5. The van der Waals surface area contributed by atoms with Crippen molar-refractivity contribution in [2.45, 2.75) is 49.6 Å². The van der Waals surface area contributed by atoms with E-state index < -0.39 is 0 Å². The smallest absolute Gasteiger partial charge is 0.209 e. The van der Waals surface area contributed by atoms with Gasteiger partial charge in [-0.15, -0.1) is 5.10 Å². The molecule has 0 atom stereocenters. The first-order valence-electron chi connectivity index (χ1n) is 8.18. The van der Waals surface area contributed by atoms with Gasteiger partial charge in [0.1, 0.15) is 0 Å². The summed E-state index contributed by atoms with van der Waals surface area (Å²) in [5.41, 5.74) is 2.94. The summed E-state index contributed by atoms with van der Waals surface area (Å²) in [5.74, 6) is 0.664. The first-order chi connectivity index (χ1) is 11.7. The molecule has 1 fully saturated rings. The van der Waals surface area contributed by atoms with E-state index in [0.717, 1.165) is 45.2 Å². The second kappa shape index (κ2) is 6.69. The van der Waals surface area contributed by atoms with Crippen LogP contribution in [0.5, 0.6) is 0 Å². The third kappa shape index (κ3) is 2.89. The van der Waals surface area contributed by atoms with E-state index in [4.69, 9.17) is 16.6 Å². The quantitative estimate of drug-likeness (QED) is 0.637. The van der Waals surface area contributed by atoms with E-state index in [2.05, 4.69) is 21.6 Å². The van der Waals surface area contributed by atoms with Gasteiger partial charge < -0.3 is 0 Å². The van der Waals surface area contributed by atoms with Gasteiger partial charge in [0, 0.05) is 11.1 Å². The highest BCUT2D eigenvalue weighted by molar-refractivity contribution is 7.98. The molecule has 24 heavy (non-hydrogen) atoms. The van der Waals surface area contributed by atoms with Gasteiger partial charge in [-0.25, -0.2) is 4.68 Å². The van der Waals surface area contributed by atoms with Crippen molar-refractivity contribution < 1.29 is 0 Å². The van der Waals surface area contributed by atoms with Crippen LogP contribution in [-0.2, 0) is 5.75 Å². The lowest BCUT2D eigenvalue weighted by atomic mass is 10.1. The van der Waals surface area contributed by atoms with Crippen molar-refractivity contribution in [2.24, 2.45) is 0 Å². The summed E-state index contributed by atoms with van der Waals surface area (Å²) in [5, 5.41) is 14.9. The summed E-state index contributed by atoms with van der Waals surface area (Å²) < 4.78 is 1.97. The average Bonchev–Trinajstić information content (AvgIpc) is 3.27. The van der Waals surface area contributed by atoms with E-state index in [1.807, 2.05) is 29.8 Å². The van der Waals surface area contributed by atoms with Gasteiger partial charge in [0.05, 0.1) is 22.3 Å². The molecular formula is C17H18ClN5S. The van der Waals surface area contributed by atoms with Gasteiger partial charge in [-0.3, -0.25) is 4.98 Å². The molecule has 2 heterocycles. The van der Waals surface area contributed by atoms with Crippen LogP contribution >= 0.6 is 23.4 Å². The van der Waals surface area contributed by atoms with Gasteiger partial charge in [0.2, 0.25) is 5.16 Å². The van der Waals surface area contributed by atoms with Crippen molar-refractivity contribution in [3.8, 4) is 0 Å². The first-order valence-corrected chi connectivity index (χ1v) is 9.55. The second-order valence-corrected chi connectivity index (χ2v) is 7.47. The minimum absolute atomic E-state index is 0.435. The zero-order chi connectivity index (χ0) is 16.5. The Labute approximate surface area is 149 Å². The first kappa shape index (κ1) is 15.8. The number of benzene rings is 1. The summed E-state index contributed by atoms with van der Waals surface area (Å²) in [7, 11) is 0. The molecule has 1 aliphatic rings. The number of hydrogen-bond acceptors (Lipinski definition) is 5. The topological polar surface area (TPSA) is 56.5 Å². The highest BCUT2D eigenvalue weighted by Crippen LogP contribution is 2.34. The number of pyridine rings is 1. The highest BCUT2D eigenvalue weighted by atomic mass is 35.5. The molecule has 7 heteroatoms. The third-order valence-corrected chi connectivity index (χ3v) is 6.06. The van der Waals surface area contributed by atoms with E-state index in [1.165, 1.54) is 12.8 Å². The predicted octanol–water partition coefficient (Wildman–Crippen LogP) is 4.59. The van der Waals surface area contributed by atoms with Crippen molar-refractivity contribution in [1.82, 2.24) is 25.2 Å². The summed E-state index contributed by atoms with van der Waals surface area (Å²) in [4.78, 5) is 4.73. The number of aromatic nitrogens is 5. The fraction of sp³-hybridized carbons (Fsp3) is 0.412. The van der Waals surface area contributed by atoms with Gasteiger partial charge in [-0.05, 0) is 41.8 Å². The zero-order valence-electron chi connectivity index (χ0n) is 13.4. The molecule has 1 aliphatic carbocycles. The molecule has 5 nitrogen and oxygen atoms in total. The number of hydrogen-bond donors (Lipinski definition) is 0. The van der Waals surface area contributed by atoms with Gasteiger partial charge >= 0.3 is 0 Å². The molecule has 1 saturated carbocycles. The maximum absolute atomic E-state index is 6.54. The van der Waals surface area contributed by atoms with Gasteiger partial charge in [-0.1, -0.05) is 54.4 Å². The molecule has 0 amide bonds. The molecule has 4 rings (SSSR count). The molecule has 3 aromatic rings. The van der Waals surface area contributed by atoms with Crippen LogP contribution in [0.25, 0.3) is 10.9 Å². The highest BCUT2D eigenvalue weighted by Gasteiger charge is 2.22. The minimum Gasteiger partial charge on any atom is -0.250 e. The number of para-hydroxylation sites is 1. The molecule has 124 valence electrons. The van der Waals surface area contributed by atoms with Crippen molar-refractivity contribution in [2.75, 3.05) is 0 Å². The van der Waals surface area contributed by atoms with Crippen LogP contribution in [0.1, 0.15) is 43.0 Å². The summed E-state index contributed by atoms with van der Waals surface area (Å²) in [6.45, 7) is 2.04. The second-order valence-electron chi connectivity index (χ2n) is 6.15. The van der Waals surface area contributed by atoms with Crippen LogP contribution in [0.4, 0.5) is 0 Å². The Kier molecular flexibility index (Phi) is 4.41. The van der Waals surface area contributed by atoms with Gasteiger partial charge in [-0.2, -0.15) is 0 Å². The van der Waals surface area contributed by atoms with E-state index in [-0.39, 0.29) is 0 Å². The number of rotatable bonds is 4. The Morgan fingerprint density at radius 3 is 2.88 bits per heavy atom. The maximum Gasteiger partial charge on any atom is 0.209 e. The van der Waals surface area contributed by atoms with E-state index in [1.54, 1.807) is 11.8 Å². The average molecular weight is 360 g/mol. The van der Waals surface area contributed by atoms with E-state index in [9.17, 15) is 0 Å². The number of aryl methyl sites for hydroxylation is 1. The van der Waals surface area contributed by atoms with Crippen LogP contribution < -0.4 is 0 Å². The number of thioether (sulfide) groups is 1. The number of tetrazole rings is 1. The van der Waals surface area contributed by atoms with Crippen LogP contribution in [0.3, 0.4) is 0 Å². The molecule has 0 saturated heterocycles.